The molecule has 1 aliphatic heterocycles. The van der Waals surface area contributed by atoms with E-state index in [1.807, 2.05) is 43.3 Å². The second kappa shape index (κ2) is 8.43. The van der Waals surface area contributed by atoms with Crippen LogP contribution in [0.25, 0.3) is 11.3 Å². The zero-order chi connectivity index (χ0) is 21.1. The number of carbonyl (C=O) groups excluding carboxylic acids is 3. The number of nitrogens with one attached hydrogen (secondary N) is 2. The standard InChI is InChI=1S/C21H23N5O3S/c1-14-12-16(15-8-4-2-5-9-15)23-19(22-14)30-13-17(27)25-26-18(28)21(24-20(26)29)10-6-3-7-11-21/h2,4-5,8-9,12H,3,6-7,10-11,13H2,1H3,(H,24,29)(H,25,27). The van der Waals surface area contributed by atoms with Crippen molar-refractivity contribution < 1.29 is 14.4 Å². The van der Waals surface area contributed by atoms with Gasteiger partial charge in [0.05, 0.1) is 11.4 Å². The van der Waals surface area contributed by atoms with E-state index < -0.39 is 17.5 Å². The average Bonchev–Trinajstić information content (AvgIpc) is 2.97. The van der Waals surface area contributed by atoms with Crippen LogP contribution in [0.4, 0.5) is 4.79 Å². The number of urea groups is 1. The van der Waals surface area contributed by atoms with Gasteiger partial charge in [-0.3, -0.25) is 15.0 Å². The molecule has 2 aliphatic rings. The van der Waals surface area contributed by atoms with Gasteiger partial charge in [0.1, 0.15) is 5.54 Å². The van der Waals surface area contributed by atoms with Gasteiger partial charge in [-0.1, -0.05) is 61.4 Å². The summed E-state index contributed by atoms with van der Waals surface area (Å²) < 4.78 is 0. The third kappa shape index (κ3) is 4.16. The fourth-order valence-electron chi connectivity index (χ4n) is 3.87. The average molecular weight is 426 g/mol. The molecule has 1 aromatic carbocycles. The van der Waals surface area contributed by atoms with Crippen LogP contribution in [0.3, 0.4) is 0 Å². The lowest BCUT2D eigenvalue weighted by molar-refractivity contribution is -0.139. The number of hydrogen-bond acceptors (Lipinski definition) is 6. The van der Waals surface area contributed by atoms with Gasteiger partial charge < -0.3 is 5.32 Å². The van der Waals surface area contributed by atoms with Crippen molar-refractivity contribution in [3.05, 3.63) is 42.1 Å². The lowest BCUT2D eigenvalue weighted by Gasteiger charge is -2.30. The van der Waals surface area contributed by atoms with Crippen molar-refractivity contribution >= 4 is 29.6 Å². The molecule has 2 fully saturated rings. The highest BCUT2D eigenvalue weighted by atomic mass is 32.2. The Balaban J connectivity index is 1.39. The van der Waals surface area contributed by atoms with Gasteiger partial charge in [-0.15, -0.1) is 0 Å². The quantitative estimate of drug-likeness (QED) is 0.434. The van der Waals surface area contributed by atoms with E-state index in [-0.39, 0.29) is 11.7 Å². The summed E-state index contributed by atoms with van der Waals surface area (Å²) in [6.07, 6.45) is 4.04. The molecule has 0 bridgehead atoms. The highest BCUT2D eigenvalue weighted by Crippen LogP contribution is 2.33. The molecule has 4 rings (SSSR count). The number of amides is 4. The van der Waals surface area contributed by atoms with Gasteiger partial charge in [0.15, 0.2) is 5.16 Å². The first kappa shape index (κ1) is 20.3. The predicted molar refractivity (Wildman–Crippen MR) is 112 cm³/mol. The summed E-state index contributed by atoms with van der Waals surface area (Å²) in [5.74, 6) is -0.840. The first-order valence-corrected chi connectivity index (χ1v) is 11.0. The Labute approximate surface area is 178 Å². The lowest BCUT2D eigenvalue weighted by Crippen LogP contribution is -2.51. The smallest absolute Gasteiger partial charge is 0.322 e. The summed E-state index contributed by atoms with van der Waals surface area (Å²) in [6.45, 7) is 1.87. The van der Waals surface area contributed by atoms with Crippen LogP contribution in [-0.2, 0) is 9.59 Å². The van der Waals surface area contributed by atoms with E-state index in [1.54, 1.807) is 0 Å². The van der Waals surface area contributed by atoms with Crippen molar-refractivity contribution in [1.29, 1.82) is 0 Å². The van der Waals surface area contributed by atoms with Crippen LogP contribution in [0.1, 0.15) is 37.8 Å². The molecule has 2 N–H and O–H groups in total. The van der Waals surface area contributed by atoms with Crippen molar-refractivity contribution in [2.75, 3.05) is 5.75 Å². The predicted octanol–water partition coefficient (Wildman–Crippen LogP) is 2.83. The molecule has 156 valence electrons. The van der Waals surface area contributed by atoms with Crippen molar-refractivity contribution in [3.63, 3.8) is 0 Å². The summed E-state index contributed by atoms with van der Waals surface area (Å²) in [6, 6.07) is 11.0. The number of aromatic nitrogens is 2. The Morgan fingerprint density at radius 1 is 1.17 bits per heavy atom. The molecule has 0 atom stereocenters. The van der Waals surface area contributed by atoms with Crippen molar-refractivity contribution in [2.24, 2.45) is 0 Å². The molecule has 1 aliphatic carbocycles. The molecule has 4 amide bonds. The van der Waals surface area contributed by atoms with E-state index in [1.165, 1.54) is 0 Å². The van der Waals surface area contributed by atoms with Gasteiger partial charge in [0.2, 0.25) is 5.91 Å². The fraction of sp³-hybridized carbons (Fsp3) is 0.381. The Bertz CT molecular complexity index is 976. The fourth-order valence-corrected chi connectivity index (χ4v) is 4.56. The van der Waals surface area contributed by atoms with E-state index in [9.17, 15) is 14.4 Å². The number of benzene rings is 1. The molecule has 8 nitrogen and oxygen atoms in total. The van der Waals surface area contributed by atoms with Gasteiger partial charge >= 0.3 is 6.03 Å². The third-order valence-corrected chi connectivity index (χ3v) is 6.19. The molecule has 2 heterocycles. The number of aryl methyl sites for hydroxylation is 1. The number of carbonyl (C=O) groups is 3. The Morgan fingerprint density at radius 2 is 1.90 bits per heavy atom. The Kier molecular flexibility index (Phi) is 5.72. The second-order valence-corrected chi connectivity index (χ2v) is 8.52. The molecule has 0 radical (unpaired) electrons. The van der Waals surface area contributed by atoms with Crippen molar-refractivity contribution in [1.82, 2.24) is 25.7 Å². The minimum absolute atomic E-state index is 0.0122. The SMILES string of the molecule is Cc1cc(-c2ccccc2)nc(SCC(=O)NN2C(=O)NC3(CCCCC3)C2=O)n1. The number of nitrogens with zero attached hydrogens (tertiary/aromatic N) is 3. The molecule has 30 heavy (non-hydrogen) atoms. The van der Waals surface area contributed by atoms with Crippen LogP contribution < -0.4 is 10.7 Å². The minimum atomic E-state index is -0.861. The Morgan fingerprint density at radius 3 is 2.63 bits per heavy atom. The molecule has 1 saturated heterocycles. The van der Waals surface area contributed by atoms with Crippen LogP contribution in [0.2, 0.25) is 0 Å². The summed E-state index contributed by atoms with van der Waals surface area (Å²) in [5.41, 5.74) is 4.11. The molecule has 2 aromatic rings. The molecular formula is C21H23N5O3S. The minimum Gasteiger partial charge on any atom is -0.322 e. The van der Waals surface area contributed by atoms with Crippen molar-refractivity contribution in [2.45, 2.75) is 49.7 Å². The van der Waals surface area contributed by atoms with Gasteiger partial charge in [-0.2, -0.15) is 5.01 Å². The number of rotatable bonds is 5. The number of hydrogen-bond donors (Lipinski definition) is 2. The first-order chi connectivity index (χ1) is 14.5. The Hall–Kier alpha value is -2.94. The molecule has 1 saturated carbocycles. The highest BCUT2D eigenvalue weighted by Gasteiger charge is 2.52. The van der Waals surface area contributed by atoms with Crippen LogP contribution in [0, 0.1) is 6.92 Å². The zero-order valence-corrected chi connectivity index (χ0v) is 17.5. The van der Waals surface area contributed by atoms with E-state index >= 15 is 0 Å². The van der Waals surface area contributed by atoms with Crippen LogP contribution >= 0.6 is 11.8 Å². The van der Waals surface area contributed by atoms with E-state index in [4.69, 9.17) is 0 Å². The van der Waals surface area contributed by atoms with Gasteiger partial charge in [0.25, 0.3) is 5.91 Å². The monoisotopic (exact) mass is 425 g/mol. The summed E-state index contributed by atoms with van der Waals surface area (Å²) in [7, 11) is 0. The normalized spacial score (nSPS) is 17.8. The van der Waals surface area contributed by atoms with E-state index in [2.05, 4.69) is 20.7 Å². The van der Waals surface area contributed by atoms with Gasteiger partial charge in [-0.25, -0.2) is 14.8 Å². The largest absolute Gasteiger partial charge is 0.344 e. The van der Waals surface area contributed by atoms with Crippen LogP contribution in [0.15, 0.2) is 41.6 Å². The highest BCUT2D eigenvalue weighted by molar-refractivity contribution is 7.99. The maximum atomic E-state index is 12.7. The molecule has 1 spiro atoms. The van der Waals surface area contributed by atoms with Gasteiger partial charge in [-0.05, 0) is 25.8 Å². The number of hydrazine groups is 1. The second-order valence-electron chi connectivity index (χ2n) is 7.58. The number of imide groups is 1. The van der Waals surface area contributed by atoms with E-state index in [0.717, 1.165) is 53.0 Å². The maximum absolute atomic E-state index is 12.7. The van der Waals surface area contributed by atoms with Crippen LogP contribution in [0.5, 0.6) is 0 Å². The first-order valence-electron chi connectivity index (χ1n) is 9.97. The van der Waals surface area contributed by atoms with Gasteiger partial charge in [0, 0.05) is 11.3 Å². The maximum Gasteiger partial charge on any atom is 0.344 e. The summed E-state index contributed by atoms with van der Waals surface area (Å²) in [4.78, 5) is 46.3. The summed E-state index contributed by atoms with van der Waals surface area (Å²) >= 11 is 1.16. The molecule has 0 unspecified atom stereocenters. The number of thioether (sulfide) groups is 1. The lowest BCUT2D eigenvalue weighted by atomic mass is 9.82. The molecule has 9 heteroatoms. The molecule has 1 aromatic heterocycles. The zero-order valence-electron chi connectivity index (χ0n) is 16.7. The third-order valence-electron chi connectivity index (χ3n) is 5.34. The van der Waals surface area contributed by atoms with Crippen LogP contribution in [-0.4, -0.2) is 44.1 Å². The summed E-state index contributed by atoms with van der Waals surface area (Å²) in [5, 5.41) is 4.06. The topological polar surface area (TPSA) is 104 Å². The van der Waals surface area contributed by atoms with E-state index in [0.29, 0.717) is 18.0 Å². The van der Waals surface area contributed by atoms with Crippen molar-refractivity contribution in [3.8, 4) is 11.3 Å². The molecular weight excluding hydrogens is 402 g/mol.